The number of carbonyl (C=O) groups is 1. The summed E-state index contributed by atoms with van der Waals surface area (Å²) in [5.74, 6) is 0.922. The molecule has 1 amide bonds. The zero-order valence-electron chi connectivity index (χ0n) is 13.0. The molecule has 0 aromatic rings. The second-order valence-electron chi connectivity index (χ2n) is 6.37. The van der Waals surface area contributed by atoms with E-state index >= 15 is 0 Å². The van der Waals surface area contributed by atoms with Gasteiger partial charge >= 0.3 is 0 Å². The predicted molar refractivity (Wildman–Crippen MR) is 80.9 cm³/mol. The summed E-state index contributed by atoms with van der Waals surface area (Å²) in [5.41, 5.74) is 5.92. The Morgan fingerprint density at radius 3 is 2.37 bits per heavy atom. The molecular formula is C16H32N2O. The quantitative estimate of drug-likeness (QED) is 0.720. The Kier molecular flexibility index (Phi) is 7.44. The molecule has 0 heterocycles. The molecule has 1 rings (SSSR count). The van der Waals surface area contributed by atoms with Crippen molar-refractivity contribution in [3.63, 3.8) is 0 Å². The van der Waals surface area contributed by atoms with Crippen LogP contribution in [0, 0.1) is 5.92 Å². The van der Waals surface area contributed by atoms with Crippen LogP contribution in [0.2, 0.25) is 0 Å². The van der Waals surface area contributed by atoms with Gasteiger partial charge in [-0.05, 0) is 51.9 Å². The summed E-state index contributed by atoms with van der Waals surface area (Å²) < 4.78 is 0. The van der Waals surface area contributed by atoms with E-state index in [0.717, 1.165) is 45.1 Å². The number of nitrogens with zero attached hydrogens (tertiary/aromatic N) is 1. The lowest BCUT2D eigenvalue weighted by atomic mass is 9.84. The van der Waals surface area contributed by atoms with Gasteiger partial charge in [-0.1, -0.05) is 19.8 Å². The van der Waals surface area contributed by atoms with E-state index in [-0.39, 0.29) is 0 Å². The molecule has 0 radical (unpaired) electrons. The third-order valence-corrected chi connectivity index (χ3v) is 4.30. The Morgan fingerprint density at radius 1 is 1.21 bits per heavy atom. The summed E-state index contributed by atoms with van der Waals surface area (Å²) in [6.07, 6.45) is 8.74. The van der Waals surface area contributed by atoms with Gasteiger partial charge in [-0.25, -0.2) is 0 Å². The maximum Gasteiger partial charge on any atom is 0.223 e. The van der Waals surface area contributed by atoms with Crippen molar-refractivity contribution in [1.82, 2.24) is 4.90 Å². The minimum absolute atomic E-state index is 0.329. The molecule has 0 unspecified atom stereocenters. The van der Waals surface area contributed by atoms with Crippen molar-refractivity contribution >= 4 is 5.91 Å². The second-order valence-corrected chi connectivity index (χ2v) is 6.37. The van der Waals surface area contributed by atoms with Crippen LogP contribution in [0.1, 0.15) is 72.1 Å². The molecule has 1 aliphatic rings. The third-order valence-electron chi connectivity index (χ3n) is 4.30. The van der Waals surface area contributed by atoms with E-state index in [9.17, 15) is 4.79 Å². The third kappa shape index (κ3) is 5.94. The van der Waals surface area contributed by atoms with E-state index in [4.69, 9.17) is 5.73 Å². The van der Waals surface area contributed by atoms with Crippen molar-refractivity contribution in [2.75, 3.05) is 6.54 Å². The number of amides is 1. The van der Waals surface area contributed by atoms with Gasteiger partial charge in [0.25, 0.3) is 0 Å². The lowest BCUT2D eigenvalue weighted by molar-refractivity contribution is -0.134. The smallest absolute Gasteiger partial charge is 0.223 e. The molecule has 0 saturated heterocycles. The van der Waals surface area contributed by atoms with E-state index in [0.29, 0.717) is 23.9 Å². The molecule has 0 aromatic carbocycles. The first-order valence-corrected chi connectivity index (χ1v) is 8.09. The largest absolute Gasteiger partial charge is 0.340 e. The molecule has 0 aromatic heterocycles. The summed E-state index contributed by atoms with van der Waals surface area (Å²) in [7, 11) is 0. The lowest BCUT2D eigenvalue weighted by Crippen LogP contribution is -2.39. The zero-order chi connectivity index (χ0) is 14.3. The van der Waals surface area contributed by atoms with Crippen LogP contribution in [-0.4, -0.2) is 29.4 Å². The Bertz CT molecular complexity index is 257. The van der Waals surface area contributed by atoms with E-state index < -0.39 is 0 Å². The van der Waals surface area contributed by atoms with Crippen molar-refractivity contribution in [3.8, 4) is 0 Å². The van der Waals surface area contributed by atoms with Crippen LogP contribution in [0.15, 0.2) is 0 Å². The molecule has 1 aliphatic carbocycles. The summed E-state index contributed by atoms with van der Waals surface area (Å²) in [6, 6.07) is 0.701. The minimum Gasteiger partial charge on any atom is -0.340 e. The first kappa shape index (κ1) is 16.5. The second kappa shape index (κ2) is 8.57. The van der Waals surface area contributed by atoms with E-state index in [1.807, 2.05) is 0 Å². The Hall–Kier alpha value is -0.570. The van der Waals surface area contributed by atoms with Gasteiger partial charge in [0, 0.05) is 25.0 Å². The monoisotopic (exact) mass is 268 g/mol. The number of carbonyl (C=O) groups excluding carboxylic acids is 1. The number of hydrogen-bond donors (Lipinski definition) is 1. The van der Waals surface area contributed by atoms with Crippen molar-refractivity contribution < 1.29 is 4.79 Å². The van der Waals surface area contributed by atoms with E-state index in [2.05, 4.69) is 25.7 Å². The molecular weight excluding hydrogens is 236 g/mol. The van der Waals surface area contributed by atoms with Gasteiger partial charge in [-0.15, -0.1) is 0 Å². The number of hydrogen-bond acceptors (Lipinski definition) is 2. The Morgan fingerprint density at radius 2 is 1.84 bits per heavy atom. The fraction of sp³-hybridized carbons (Fsp3) is 0.938. The van der Waals surface area contributed by atoms with Crippen molar-refractivity contribution in [2.24, 2.45) is 11.7 Å². The highest BCUT2D eigenvalue weighted by molar-refractivity contribution is 5.76. The molecule has 0 atom stereocenters. The van der Waals surface area contributed by atoms with Gasteiger partial charge < -0.3 is 10.6 Å². The molecule has 3 heteroatoms. The van der Waals surface area contributed by atoms with E-state index in [1.54, 1.807) is 0 Å². The fourth-order valence-electron chi connectivity index (χ4n) is 2.96. The summed E-state index contributed by atoms with van der Waals surface area (Å²) >= 11 is 0. The van der Waals surface area contributed by atoms with Crippen molar-refractivity contribution in [1.29, 1.82) is 0 Å². The minimum atomic E-state index is 0.329. The summed E-state index contributed by atoms with van der Waals surface area (Å²) in [6.45, 7) is 7.38. The topological polar surface area (TPSA) is 46.3 Å². The summed E-state index contributed by atoms with van der Waals surface area (Å²) in [4.78, 5) is 14.5. The number of unbranched alkanes of at least 4 members (excludes halogenated alkanes) is 2. The van der Waals surface area contributed by atoms with Gasteiger partial charge in [0.1, 0.15) is 0 Å². The lowest BCUT2D eigenvalue weighted by Gasteiger charge is -2.31. The highest BCUT2D eigenvalue weighted by atomic mass is 16.2. The Labute approximate surface area is 118 Å². The average molecular weight is 268 g/mol. The molecule has 112 valence electrons. The van der Waals surface area contributed by atoms with Crippen LogP contribution in [0.4, 0.5) is 0 Å². The zero-order valence-corrected chi connectivity index (χ0v) is 13.0. The predicted octanol–water partition coefficient (Wildman–Crippen LogP) is 3.32. The van der Waals surface area contributed by atoms with Gasteiger partial charge in [-0.2, -0.15) is 0 Å². The van der Waals surface area contributed by atoms with Crippen LogP contribution < -0.4 is 5.73 Å². The SMILES string of the molecule is CCCCCN(C(=O)CC1CCC(N)CC1)C(C)C. The molecule has 0 spiro atoms. The maximum atomic E-state index is 12.4. The normalized spacial score (nSPS) is 23.6. The fourth-order valence-corrected chi connectivity index (χ4v) is 2.96. The molecule has 19 heavy (non-hydrogen) atoms. The first-order valence-electron chi connectivity index (χ1n) is 8.09. The first-order chi connectivity index (χ1) is 9.04. The molecule has 1 saturated carbocycles. The number of nitrogens with two attached hydrogens (primary N) is 1. The molecule has 3 nitrogen and oxygen atoms in total. The molecule has 0 aliphatic heterocycles. The highest BCUT2D eigenvalue weighted by Gasteiger charge is 2.24. The Balaban J connectivity index is 2.38. The molecule has 0 bridgehead atoms. The van der Waals surface area contributed by atoms with Gasteiger partial charge in [0.15, 0.2) is 0 Å². The average Bonchev–Trinajstić information content (AvgIpc) is 2.37. The van der Waals surface area contributed by atoms with Crippen LogP contribution in [0.5, 0.6) is 0 Å². The molecule has 2 N–H and O–H groups in total. The van der Waals surface area contributed by atoms with Crippen LogP contribution >= 0.6 is 0 Å². The van der Waals surface area contributed by atoms with Crippen molar-refractivity contribution in [2.45, 2.75) is 84.2 Å². The van der Waals surface area contributed by atoms with Crippen molar-refractivity contribution in [3.05, 3.63) is 0 Å². The molecule has 1 fully saturated rings. The van der Waals surface area contributed by atoms with Gasteiger partial charge in [-0.3, -0.25) is 4.79 Å². The van der Waals surface area contributed by atoms with Crippen LogP contribution in [0.25, 0.3) is 0 Å². The van der Waals surface area contributed by atoms with Gasteiger partial charge in [0.05, 0.1) is 0 Å². The van der Waals surface area contributed by atoms with E-state index in [1.165, 1.54) is 12.8 Å². The standard InChI is InChI=1S/C16H32N2O/c1-4-5-6-11-18(13(2)3)16(19)12-14-7-9-15(17)10-8-14/h13-15H,4-12,17H2,1-3H3. The number of rotatable bonds is 7. The van der Waals surface area contributed by atoms with Gasteiger partial charge in [0.2, 0.25) is 5.91 Å². The maximum absolute atomic E-state index is 12.4. The van der Waals surface area contributed by atoms with Crippen LogP contribution in [-0.2, 0) is 4.79 Å². The summed E-state index contributed by atoms with van der Waals surface area (Å²) in [5, 5.41) is 0. The van der Waals surface area contributed by atoms with Crippen LogP contribution in [0.3, 0.4) is 0 Å². The highest BCUT2D eigenvalue weighted by Crippen LogP contribution is 2.26.